The van der Waals surface area contributed by atoms with Gasteiger partial charge in [0.15, 0.2) is 0 Å². The van der Waals surface area contributed by atoms with Crippen molar-refractivity contribution in [3.8, 4) is 0 Å². The number of unbranched alkanes of at least 4 members (excludes halogenated alkanes) is 29. The number of phosphoric acid groups is 1. The van der Waals surface area contributed by atoms with E-state index in [0.29, 0.717) is 17.4 Å². The first-order valence-corrected chi connectivity index (χ1v) is 38.0. The Morgan fingerprint density at radius 3 is 1.10 bits per heavy atom. The van der Waals surface area contributed by atoms with E-state index in [4.69, 9.17) is 13.8 Å². The molecule has 2 N–H and O–H groups in total. The Bertz CT molecular complexity index is 1990. The van der Waals surface area contributed by atoms with Gasteiger partial charge in [0, 0.05) is 12.8 Å². The number of hydrogen-bond acceptors (Lipinski definition) is 6. The van der Waals surface area contributed by atoms with Crippen LogP contribution in [0.1, 0.15) is 303 Å². The third-order valence-electron chi connectivity index (χ3n) is 15.6. The second kappa shape index (κ2) is 67.1. The molecule has 0 aliphatic carbocycles. The minimum absolute atomic E-state index is 0.0309. The summed E-state index contributed by atoms with van der Waals surface area (Å²) in [5, 5.41) is 3.06. The molecule has 89 heavy (non-hydrogen) atoms. The van der Waals surface area contributed by atoms with Gasteiger partial charge in [-0.2, -0.15) is 0 Å². The molecule has 0 aromatic carbocycles. The van der Waals surface area contributed by atoms with Crippen LogP contribution < -0.4 is 5.32 Å². The topological polar surface area (TPSA) is 111 Å². The molecular formula is C79H138N2O7P+. The van der Waals surface area contributed by atoms with E-state index in [1.54, 1.807) is 0 Å². The van der Waals surface area contributed by atoms with E-state index in [9.17, 15) is 19.0 Å². The van der Waals surface area contributed by atoms with Crippen molar-refractivity contribution in [2.75, 3.05) is 40.9 Å². The fourth-order valence-corrected chi connectivity index (χ4v) is 10.7. The number of nitrogens with one attached hydrogen (secondary N) is 1. The van der Waals surface area contributed by atoms with Crippen LogP contribution in [0.4, 0.5) is 0 Å². The smallest absolute Gasteiger partial charge is 0.456 e. The molecule has 3 atom stereocenters. The fraction of sp³-hybridized carbons (Fsp3) is 0.696. The van der Waals surface area contributed by atoms with Gasteiger partial charge < -0.3 is 19.4 Å². The second-order valence-electron chi connectivity index (χ2n) is 25.4. The van der Waals surface area contributed by atoms with Crippen molar-refractivity contribution in [3.63, 3.8) is 0 Å². The number of phosphoric ester groups is 1. The number of ether oxygens (including phenoxy) is 1. The molecule has 0 bridgehead atoms. The molecule has 0 spiro atoms. The zero-order valence-corrected chi connectivity index (χ0v) is 59.3. The molecule has 510 valence electrons. The van der Waals surface area contributed by atoms with Gasteiger partial charge in [0.05, 0.1) is 33.8 Å². The summed E-state index contributed by atoms with van der Waals surface area (Å²) in [6, 6.07) is -0.866. The van der Waals surface area contributed by atoms with E-state index in [-0.39, 0.29) is 31.5 Å². The van der Waals surface area contributed by atoms with Crippen molar-refractivity contribution in [2.24, 2.45) is 0 Å². The van der Waals surface area contributed by atoms with E-state index < -0.39 is 20.0 Å². The van der Waals surface area contributed by atoms with Crippen LogP contribution in [0.2, 0.25) is 0 Å². The minimum Gasteiger partial charge on any atom is -0.456 e. The number of amides is 1. The number of hydrogen-bond donors (Lipinski definition) is 2. The van der Waals surface area contributed by atoms with Crippen LogP contribution in [0, 0.1) is 0 Å². The van der Waals surface area contributed by atoms with Gasteiger partial charge in [0.1, 0.15) is 19.3 Å². The van der Waals surface area contributed by atoms with Crippen LogP contribution >= 0.6 is 7.82 Å². The summed E-state index contributed by atoms with van der Waals surface area (Å²) in [6.07, 6.45) is 96.0. The quantitative estimate of drug-likeness (QED) is 0.0205. The van der Waals surface area contributed by atoms with Crippen LogP contribution in [-0.4, -0.2) is 74.3 Å². The van der Waals surface area contributed by atoms with Crippen molar-refractivity contribution < 1.29 is 37.3 Å². The molecule has 0 fully saturated rings. The van der Waals surface area contributed by atoms with Crippen molar-refractivity contribution in [1.82, 2.24) is 5.32 Å². The highest BCUT2D eigenvalue weighted by Crippen LogP contribution is 2.43. The first-order valence-electron chi connectivity index (χ1n) is 36.5. The summed E-state index contributed by atoms with van der Waals surface area (Å²) in [4.78, 5) is 37.9. The third kappa shape index (κ3) is 68.4. The van der Waals surface area contributed by atoms with Crippen LogP contribution in [-0.2, 0) is 27.9 Å². The van der Waals surface area contributed by atoms with Crippen molar-refractivity contribution in [3.05, 3.63) is 134 Å². The molecule has 10 heteroatoms. The fourth-order valence-electron chi connectivity index (χ4n) is 9.99. The maximum atomic E-state index is 13.6. The van der Waals surface area contributed by atoms with E-state index in [0.717, 1.165) is 141 Å². The number of allylic oxidation sites excluding steroid dienone is 21. The lowest BCUT2D eigenvalue weighted by molar-refractivity contribution is -0.870. The largest absolute Gasteiger partial charge is 0.472 e. The van der Waals surface area contributed by atoms with Gasteiger partial charge in [-0.3, -0.25) is 18.6 Å². The summed E-state index contributed by atoms with van der Waals surface area (Å²) in [5.74, 6) is -0.525. The summed E-state index contributed by atoms with van der Waals surface area (Å²) < 4.78 is 30.8. The average Bonchev–Trinajstić information content (AvgIpc) is 3.71. The number of esters is 1. The van der Waals surface area contributed by atoms with E-state index >= 15 is 0 Å². The van der Waals surface area contributed by atoms with Gasteiger partial charge in [-0.1, -0.05) is 296 Å². The Kier molecular flexibility index (Phi) is 64.2. The normalized spacial score (nSPS) is 14.3. The van der Waals surface area contributed by atoms with Gasteiger partial charge in [-0.15, -0.1) is 0 Å². The Balaban J connectivity index is 5.05. The maximum absolute atomic E-state index is 13.6. The van der Waals surface area contributed by atoms with Crippen LogP contribution in [0.25, 0.3) is 0 Å². The zero-order valence-electron chi connectivity index (χ0n) is 58.4. The highest BCUT2D eigenvalue weighted by molar-refractivity contribution is 7.47. The molecule has 9 nitrogen and oxygen atoms in total. The Hall–Kier alpha value is -3.85. The highest BCUT2D eigenvalue weighted by Gasteiger charge is 2.30. The molecule has 3 unspecified atom stereocenters. The molecule has 0 saturated carbocycles. The molecule has 0 heterocycles. The number of rotatable bonds is 65. The predicted octanol–water partition coefficient (Wildman–Crippen LogP) is 23.6. The van der Waals surface area contributed by atoms with Gasteiger partial charge in [0.2, 0.25) is 5.91 Å². The molecule has 1 amide bonds. The number of carbonyl (C=O) groups excluding carboxylic acids is 2. The van der Waals surface area contributed by atoms with Gasteiger partial charge in [0.25, 0.3) is 0 Å². The average molecular weight is 1260 g/mol. The molecule has 0 aromatic rings. The highest BCUT2D eigenvalue weighted by atomic mass is 31.2. The van der Waals surface area contributed by atoms with Crippen LogP contribution in [0.3, 0.4) is 0 Å². The number of likely N-dealkylation sites (N-methyl/N-ethyl adjacent to an activating group) is 1. The first-order chi connectivity index (χ1) is 43.4. The van der Waals surface area contributed by atoms with E-state index in [1.807, 2.05) is 33.3 Å². The maximum Gasteiger partial charge on any atom is 0.472 e. The van der Waals surface area contributed by atoms with Crippen molar-refractivity contribution in [2.45, 2.75) is 315 Å². The number of nitrogens with zero attached hydrogens (tertiary/aromatic N) is 1. The third-order valence-corrected chi connectivity index (χ3v) is 16.6. The van der Waals surface area contributed by atoms with Crippen LogP contribution in [0.15, 0.2) is 134 Å². The summed E-state index contributed by atoms with van der Waals surface area (Å²) in [5.41, 5.74) is 0. The SMILES string of the molecule is CC/C=C\C/C=C\C/C=C\C/C=C\C/C=C\C/C=C\CCCCCCCCCCC(=O)OC(/C=C/CCCCCCCCCCC)C(COP(=O)(O)OCC[N+](C)(C)C)NC(=O)CCCCCCCCCCC/C=C\C/C=C\C/C=C\C/C=C\CCCCC. The summed E-state index contributed by atoms with van der Waals surface area (Å²) >= 11 is 0. The van der Waals surface area contributed by atoms with Gasteiger partial charge >= 0.3 is 13.8 Å². The molecule has 0 rings (SSSR count). The minimum atomic E-state index is -4.47. The molecule has 0 radical (unpaired) electrons. The second-order valence-corrected chi connectivity index (χ2v) is 26.8. The van der Waals surface area contributed by atoms with Crippen LogP contribution in [0.5, 0.6) is 0 Å². The lowest BCUT2D eigenvalue weighted by Gasteiger charge is -2.27. The predicted molar refractivity (Wildman–Crippen MR) is 387 cm³/mol. The number of carbonyl (C=O) groups is 2. The standard InChI is InChI=1S/C79H137N2O7P/c1-7-10-13-16-19-22-25-27-29-31-33-35-37-39-40-42-44-46-48-50-52-54-57-60-63-66-69-72-79(83)88-77(70-67-64-61-58-55-24-21-18-15-12-9-3)76(75-87-89(84,85)86-74-73-81(4,5)6)80-78(82)71-68-65-62-59-56-53-51-49-47-45-43-41-38-36-34-32-30-28-26-23-20-17-14-11-8-2/h10,13,19-20,22-23,27-30,33-36,39-41,43-44,46,67,70,76-77H,7-9,11-12,14-18,21,24-26,31-32,37-38,42,45,47-66,68-69,71-75H2,1-6H3,(H-,80,82,84,85)/p+1/b13-10-,22-19-,23-20-,29-27-,30-28-,35-33-,36-34-,40-39-,43-41-,46-44-,70-67+. The monoisotopic (exact) mass is 1260 g/mol. The molecule has 0 saturated heterocycles. The van der Waals surface area contributed by atoms with Crippen molar-refractivity contribution >= 4 is 19.7 Å². The lowest BCUT2D eigenvalue weighted by Crippen LogP contribution is -2.47. The number of quaternary nitrogens is 1. The summed E-state index contributed by atoms with van der Waals surface area (Å²) in [7, 11) is 1.47. The van der Waals surface area contributed by atoms with E-state index in [1.165, 1.54) is 128 Å². The van der Waals surface area contributed by atoms with Crippen molar-refractivity contribution in [1.29, 1.82) is 0 Å². The van der Waals surface area contributed by atoms with Gasteiger partial charge in [-0.05, 0) is 128 Å². The zero-order chi connectivity index (χ0) is 64.9. The Labute approximate surface area is 549 Å². The summed E-state index contributed by atoms with van der Waals surface area (Å²) in [6.45, 7) is 6.86. The molecule has 0 aromatic heterocycles. The lowest BCUT2D eigenvalue weighted by atomic mass is 10.0. The molecular weight excluding hydrogens is 1120 g/mol. The Morgan fingerprint density at radius 2 is 0.719 bits per heavy atom. The molecule has 0 aliphatic rings. The Morgan fingerprint density at radius 1 is 0.404 bits per heavy atom. The van der Waals surface area contributed by atoms with E-state index in [2.05, 4.69) is 148 Å². The van der Waals surface area contributed by atoms with Gasteiger partial charge in [-0.25, -0.2) is 4.57 Å². The molecule has 0 aliphatic heterocycles. The first kappa shape index (κ1) is 85.2.